The molecule has 0 amide bonds. The first-order valence-corrected chi connectivity index (χ1v) is 13.7. The second-order valence-corrected chi connectivity index (χ2v) is 10.5. The average Bonchev–Trinajstić information content (AvgIpc) is 3.05. The lowest BCUT2D eigenvalue weighted by molar-refractivity contribution is -0.147. The molecular weight excluding hydrogens is 536 g/mol. The molecule has 212 valence electrons. The van der Waals surface area contributed by atoms with Crippen LogP contribution in [0.15, 0.2) is 132 Å². The van der Waals surface area contributed by atoms with Gasteiger partial charge in [0.05, 0.1) is 0 Å². The molecule has 6 heteroatoms. The smallest absolute Gasteiger partial charge is 0.349 e. The van der Waals surface area contributed by atoms with Crippen LogP contribution >= 0.6 is 0 Å². The highest BCUT2D eigenvalue weighted by Crippen LogP contribution is 2.30. The Balaban J connectivity index is 1.53. The summed E-state index contributed by atoms with van der Waals surface area (Å²) in [7, 11) is 0. The number of carbonyl (C=O) groups excluding carboxylic acids is 2. The third-order valence-corrected chi connectivity index (χ3v) is 6.57. The number of rotatable bonds is 10. The predicted molar refractivity (Wildman–Crippen MR) is 165 cm³/mol. The summed E-state index contributed by atoms with van der Waals surface area (Å²) in [6, 6.07) is 40.8. The maximum absolute atomic E-state index is 13.2. The van der Waals surface area contributed by atoms with Gasteiger partial charge in [0, 0.05) is 16.6 Å². The average molecular weight is 567 g/mol. The SMILES string of the molecule is CC(C)(COC(=O)C(C#N)=C(c1ccccc1)c1ccccc1)COC(=O)C(C#N)=C(c1ccccc1)c1ccccc1. The van der Waals surface area contributed by atoms with E-state index in [1.54, 1.807) is 13.8 Å². The van der Waals surface area contributed by atoms with Crippen LogP contribution < -0.4 is 0 Å². The summed E-state index contributed by atoms with van der Waals surface area (Å²) in [6.45, 7) is 3.28. The Bertz CT molecular complexity index is 1500. The number of carbonyl (C=O) groups is 2. The molecule has 0 saturated carbocycles. The Morgan fingerprint density at radius 1 is 0.535 bits per heavy atom. The molecule has 43 heavy (non-hydrogen) atoms. The molecule has 0 heterocycles. The summed E-state index contributed by atoms with van der Waals surface area (Å²) in [6.07, 6.45) is 0. The molecule has 0 unspecified atom stereocenters. The first-order valence-electron chi connectivity index (χ1n) is 13.7. The normalized spacial score (nSPS) is 10.4. The third-order valence-electron chi connectivity index (χ3n) is 6.57. The molecule has 0 aliphatic heterocycles. The molecule has 0 aliphatic rings. The number of esters is 2. The number of ether oxygens (including phenoxy) is 2. The van der Waals surface area contributed by atoms with Gasteiger partial charge in [-0.3, -0.25) is 0 Å². The minimum atomic E-state index is -0.814. The van der Waals surface area contributed by atoms with Gasteiger partial charge in [0.2, 0.25) is 0 Å². The summed E-state index contributed by atoms with van der Waals surface area (Å²) < 4.78 is 11.2. The first-order chi connectivity index (χ1) is 20.8. The molecule has 0 aromatic heterocycles. The van der Waals surface area contributed by atoms with Gasteiger partial charge in [-0.15, -0.1) is 0 Å². The summed E-state index contributed by atoms with van der Waals surface area (Å²) in [5.74, 6) is -1.56. The van der Waals surface area contributed by atoms with Crippen molar-refractivity contribution < 1.29 is 19.1 Å². The number of benzene rings is 4. The third kappa shape index (κ3) is 7.73. The molecule has 0 radical (unpaired) electrons. The van der Waals surface area contributed by atoms with Crippen molar-refractivity contribution in [1.29, 1.82) is 10.5 Å². The minimum absolute atomic E-state index is 0.128. The van der Waals surface area contributed by atoms with E-state index in [9.17, 15) is 20.1 Å². The lowest BCUT2D eigenvalue weighted by Gasteiger charge is -2.24. The maximum Gasteiger partial charge on any atom is 0.349 e. The van der Waals surface area contributed by atoms with Gasteiger partial charge in [-0.2, -0.15) is 10.5 Å². The Hall–Kier alpha value is -5.72. The van der Waals surface area contributed by atoms with Gasteiger partial charge < -0.3 is 9.47 Å². The molecule has 0 bridgehead atoms. The van der Waals surface area contributed by atoms with Crippen LogP contribution in [0.2, 0.25) is 0 Å². The van der Waals surface area contributed by atoms with E-state index in [4.69, 9.17) is 9.47 Å². The number of hydrogen-bond acceptors (Lipinski definition) is 6. The van der Waals surface area contributed by atoms with Crippen molar-refractivity contribution in [2.45, 2.75) is 13.8 Å². The summed E-state index contributed by atoms with van der Waals surface area (Å²) in [5.41, 5.74) is 2.69. The van der Waals surface area contributed by atoms with Crippen molar-refractivity contribution in [3.8, 4) is 12.1 Å². The van der Waals surface area contributed by atoms with Gasteiger partial charge in [-0.25, -0.2) is 9.59 Å². The Morgan fingerprint density at radius 2 is 0.791 bits per heavy atom. The van der Waals surface area contributed by atoms with Gasteiger partial charge in [0.1, 0.15) is 36.5 Å². The van der Waals surface area contributed by atoms with E-state index in [-0.39, 0.29) is 24.4 Å². The Kier molecular flexibility index (Phi) is 10.0. The van der Waals surface area contributed by atoms with Crippen molar-refractivity contribution in [2.24, 2.45) is 5.41 Å². The maximum atomic E-state index is 13.2. The number of nitriles is 2. The zero-order valence-corrected chi connectivity index (χ0v) is 24.0. The van der Waals surface area contributed by atoms with E-state index in [0.29, 0.717) is 33.4 Å². The number of hydrogen-bond donors (Lipinski definition) is 0. The first kappa shape index (κ1) is 30.2. The molecule has 0 aliphatic carbocycles. The predicted octanol–water partition coefficient (Wildman–Crippen LogP) is 7.15. The molecule has 4 aromatic carbocycles. The highest BCUT2D eigenvalue weighted by Gasteiger charge is 2.28. The van der Waals surface area contributed by atoms with Crippen LogP contribution in [0.3, 0.4) is 0 Å². The summed E-state index contributed by atoms with van der Waals surface area (Å²) in [5, 5.41) is 20.0. The summed E-state index contributed by atoms with van der Waals surface area (Å²) in [4.78, 5) is 26.5. The number of nitrogens with zero attached hydrogens (tertiary/aromatic N) is 2. The van der Waals surface area contributed by atoms with E-state index in [1.165, 1.54) is 0 Å². The topological polar surface area (TPSA) is 100 Å². The van der Waals surface area contributed by atoms with Crippen molar-refractivity contribution in [1.82, 2.24) is 0 Å². The van der Waals surface area contributed by atoms with E-state index >= 15 is 0 Å². The van der Waals surface area contributed by atoms with Crippen molar-refractivity contribution in [3.63, 3.8) is 0 Å². The van der Waals surface area contributed by atoms with Crippen molar-refractivity contribution in [3.05, 3.63) is 155 Å². The van der Waals surface area contributed by atoms with Gasteiger partial charge >= 0.3 is 11.9 Å². The molecule has 0 spiro atoms. The Morgan fingerprint density at radius 3 is 1.02 bits per heavy atom. The fourth-order valence-electron chi connectivity index (χ4n) is 4.45. The van der Waals surface area contributed by atoms with E-state index in [1.807, 2.05) is 133 Å². The van der Waals surface area contributed by atoms with Gasteiger partial charge in [-0.1, -0.05) is 135 Å². The molecular formula is C37H30N2O4. The molecule has 6 nitrogen and oxygen atoms in total. The van der Waals surface area contributed by atoms with Crippen LogP contribution in [0.1, 0.15) is 36.1 Å². The second kappa shape index (κ2) is 14.3. The van der Waals surface area contributed by atoms with E-state index in [0.717, 1.165) is 0 Å². The Labute approximate surface area is 251 Å². The van der Waals surface area contributed by atoms with Crippen LogP contribution in [0.4, 0.5) is 0 Å². The second-order valence-electron chi connectivity index (χ2n) is 10.5. The van der Waals surface area contributed by atoms with E-state index in [2.05, 4.69) is 0 Å². The van der Waals surface area contributed by atoms with Crippen LogP contribution in [0.25, 0.3) is 11.1 Å². The van der Waals surface area contributed by atoms with Crippen LogP contribution in [-0.2, 0) is 19.1 Å². The zero-order valence-electron chi connectivity index (χ0n) is 24.0. The molecule has 4 aromatic rings. The lowest BCUT2D eigenvalue weighted by Crippen LogP contribution is -2.29. The highest BCUT2D eigenvalue weighted by atomic mass is 16.5. The van der Waals surface area contributed by atoms with Crippen molar-refractivity contribution in [2.75, 3.05) is 13.2 Å². The minimum Gasteiger partial charge on any atom is -0.461 e. The fourth-order valence-corrected chi connectivity index (χ4v) is 4.45. The quantitative estimate of drug-likeness (QED) is 0.115. The monoisotopic (exact) mass is 566 g/mol. The van der Waals surface area contributed by atoms with Crippen LogP contribution in [-0.4, -0.2) is 25.2 Å². The molecule has 0 atom stereocenters. The van der Waals surface area contributed by atoms with E-state index < -0.39 is 17.4 Å². The molecule has 4 rings (SSSR count). The van der Waals surface area contributed by atoms with Crippen molar-refractivity contribution >= 4 is 23.1 Å². The zero-order chi connectivity index (χ0) is 30.7. The highest BCUT2D eigenvalue weighted by molar-refractivity contribution is 6.06. The summed E-state index contributed by atoms with van der Waals surface area (Å²) >= 11 is 0. The molecule has 0 saturated heterocycles. The fraction of sp³-hybridized carbons (Fsp3) is 0.135. The molecule has 0 N–H and O–H groups in total. The largest absolute Gasteiger partial charge is 0.461 e. The van der Waals surface area contributed by atoms with Crippen LogP contribution in [0, 0.1) is 28.1 Å². The van der Waals surface area contributed by atoms with Crippen LogP contribution in [0.5, 0.6) is 0 Å². The van der Waals surface area contributed by atoms with Gasteiger partial charge in [-0.05, 0) is 22.3 Å². The standard InChI is InChI=1S/C37H30N2O4/c1-37(2,25-42-35(40)31(23-38)33(27-15-7-3-8-16-27)28-17-9-4-10-18-28)26-43-36(41)32(24-39)34(29-19-11-5-12-20-29)30-21-13-6-14-22-30/h3-22H,25-26H2,1-2H3. The van der Waals surface area contributed by atoms with Gasteiger partial charge in [0.15, 0.2) is 0 Å². The van der Waals surface area contributed by atoms with Gasteiger partial charge in [0.25, 0.3) is 0 Å². The molecule has 0 fully saturated rings. The lowest BCUT2D eigenvalue weighted by atomic mass is 9.93.